The molecule has 150 valence electrons. The normalized spacial score (nSPS) is 23.7. The lowest BCUT2D eigenvalue weighted by Gasteiger charge is -2.39. The van der Waals surface area contributed by atoms with E-state index in [2.05, 4.69) is 10.7 Å². The number of hydrogen-bond acceptors (Lipinski definition) is 5. The Morgan fingerprint density at radius 1 is 1.24 bits per heavy atom. The molecule has 6 nitrogen and oxygen atoms in total. The number of halogens is 1. The van der Waals surface area contributed by atoms with E-state index in [1.165, 1.54) is 0 Å². The van der Waals surface area contributed by atoms with Crippen LogP contribution in [0, 0.1) is 0 Å². The van der Waals surface area contributed by atoms with Crippen LogP contribution in [0.5, 0.6) is 0 Å². The maximum atomic E-state index is 13.2. The quantitative estimate of drug-likeness (QED) is 0.789. The largest absolute Gasteiger partial charge is 0.367 e. The highest BCUT2D eigenvalue weighted by Crippen LogP contribution is 2.35. The number of rotatable bonds is 3. The highest BCUT2D eigenvalue weighted by atomic mass is 35.5. The van der Waals surface area contributed by atoms with Crippen molar-refractivity contribution in [1.82, 2.24) is 20.7 Å². The van der Waals surface area contributed by atoms with Gasteiger partial charge in [-0.05, 0) is 23.1 Å². The lowest BCUT2D eigenvalue weighted by atomic mass is 10.00. The molecule has 3 aliphatic rings. The van der Waals surface area contributed by atoms with Crippen molar-refractivity contribution in [2.45, 2.75) is 31.5 Å². The topological polar surface area (TPSA) is 64.7 Å². The Bertz CT molecular complexity index is 990. The van der Waals surface area contributed by atoms with E-state index in [1.54, 1.807) is 21.2 Å². The molecule has 1 aromatic heterocycles. The molecule has 8 heteroatoms. The number of benzene rings is 1. The van der Waals surface area contributed by atoms with Gasteiger partial charge in [-0.1, -0.05) is 35.9 Å². The smallest absolute Gasteiger partial charge is 0.269 e. The average Bonchev–Trinajstić information content (AvgIpc) is 3.38. The zero-order valence-electron chi connectivity index (χ0n) is 15.7. The highest BCUT2D eigenvalue weighted by Gasteiger charge is 2.43. The van der Waals surface area contributed by atoms with E-state index >= 15 is 0 Å². The molecule has 2 aromatic rings. The highest BCUT2D eigenvalue weighted by molar-refractivity contribution is 7.10. The minimum atomic E-state index is -0.101. The van der Waals surface area contributed by atoms with E-state index in [-0.39, 0.29) is 24.0 Å². The van der Waals surface area contributed by atoms with Gasteiger partial charge in [0.05, 0.1) is 24.6 Å². The van der Waals surface area contributed by atoms with E-state index < -0.39 is 0 Å². The van der Waals surface area contributed by atoms with Crippen LogP contribution in [0.1, 0.15) is 29.3 Å². The molecule has 1 fully saturated rings. The van der Waals surface area contributed by atoms with Crippen LogP contribution in [0.2, 0.25) is 5.02 Å². The van der Waals surface area contributed by atoms with Gasteiger partial charge in [0, 0.05) is 35.0 Å². The lowest BCUT2D eigenvalue weighted by molar-refractivity contribution is -0.135. The van der Waals surface area contributed by atoms with Gasteiger partial charge in [0.25, 0.3) is 5.91 Å². The first-order valence-electron chi connectivity index (χ1n) is 9.73. The molecule has 0 spiro atoms. The fourth-order valence-electron chi connectivity index (χ4n) is 4.27. The van der Waals surface area contributed by atoms with Crippen molar-refractivity contribution < 1.29 is 9.59 Å². The SMILES string of the molecule is O=C(Cc1cccs1)N1CCC2=C(C1)C(=O)N1NC(c3ccccc3Cl)CC1N2. The lowest BCUT2D eigenvalue weighted by Crippen LogP contribution is -2.57. The molecule has 1 saturated heterocycles. The zero-order chi connectivity index (χ0) is 20.0. The summed E-state index contributed by atoms with van der Waals surface area (Å²) in [6, 6.07) is 11.6. The van der Waals surface area contributed by atoms with E-state index in [9.17, 15) is 9.59 Å². The Morgan fingerprint density at radius 2 is 2.10 bits per heavy atom. The van der Waals surface area contributed by atoms with E-state index in [4.69, 9.17) is 11.6 Å². The Morgan fingerprint density at radius 3 is 2.90 bits per heavy atom. The summed E-state index contributed by atoms with van der Waals surface area (Å²) in [7, 11) is 0. The second kappa shape index (κ2) is 7.48. The minimum Gasteiger partial charge on any atom is -0.367 e. The molecular formula is C21H21ClN4O2S. The number of thiophene rings is 1. The number of amides is 2. The number of nitrogens with zero attached hydrogens (tertiary/aromatic N) is 2. The standard InChI is InChI=1S/C21H21ClN4O2S/c22-16-6-2-1-5-14(16)18-11-19-23-17-7-8-25(12-15(17)21(28)26(19)24-18)20(27)10-13-4-3-9-29-13/h1-6,9,18-19,23-24H,7-8,10-12H2. The van der Waals surface area contributed by atoms with Crippen LogP contribution in [0.15, 0.2) is 53.0 Å². The minimum absolute atomic E-state index is 0.0249. The molecule has 0 saturated carbocycles. The first kappa shape index (κ1) is 18.7. The van der Waals surface area contributed by atoms with Gasteiger partial charge in [-0.15, -0.1) is 11.3 Å². The molecular weight excluding hydrogens is 408 g/mol. The average molecular weight is 429 g/mol. The molecule has 4 heterocycles. The first-order chi connectivity index (χ1) is 14.1. The number of hydrogen-bond donors (Lipinski definition) is 2. The summed E-state index contributed by atoms with van der Waals surface area (Å²) >= 11 is 7.94. The maximum absolute atomic E-state index is 13.2. The van der Waals surface area contributed by atoms with E-state index in [0.717, 1.165) is 22.6 Å². The predicted molar refractivity (Wildman–Crippen MR) is 112 cm³/mol. The Kier molecular flexibility index (Phi) is 4.81. The van der Waals surface area contributed by atoms with Crippen LogP contribution in [0.3, 0.4) is 0 Å². The molecule has 29 heavy (non-hydrogen) atoms. The molecule has 5 rings (SSSR count). The van der Waals surface area contributed by atoms with Crippen molar-refractivity contribution in [3.05, 3.63) is 68.5 Å². The zero-order valence-corrected chi connectivity index (χ0v) is 17.3. The summed E-state index contributed by atoms with van der Waals surface area (Å²) in [6.45, 7) is 0.991. The van der Waals surface area contributed by atoms with Gasteiger partial charge < -0.3 is 10.2 Å². The van der Waals surface area contributed by atoms with Crippen LogP contribution >= 0.6 is 22.9 Å². The van der Waals surface area contributed by atoms with Crippen molar-refractivity contribution in [3.63, 3.8) is 0 Å². The van der Waals surface area contributed by atoms with Crippen molar-refractivity contribution in [2.75, 3.05) is 13.1 Å². The van der Waals surface area contributed by atoms with Crippen molar-refractivity contribution >= 4 is 34.8 Å². The molecule has 1 aromatic carbocycles. The van der Waals surface area contributed by atoms with Gasteiger partial charge in [0.1, 0.15) is 6.17 Å². The van der Waals surface area contributed by atoms with Crippen molar-refractivity contribution in [1.29, 1.82) is 0 Å². The monoisotopic (exact) mass is 428 g/mol. The molecule has 0 radical (unpaired) electrons. The molecule has 0 aliphatic carbocycles. The maximum Gasteiger partial charge on any atom is 0.269 e. The number of carbonyl (C=O) groups is 2. The number of fused-ring (bicyclic) bond motifs is 1. The van der Waals surface area contributed by atoms with E-state index in [0.29, 0.717) is 36.5 Å². The summed E-state index contributed by atoms with van der Waals surface area (Å²) in [5, 5.41) is 7.85. The first-order valence-corrected chi connectivity index (χ1v) is 11.0. The Hall–Kier alpha value is -2.35. The predicted octanol–water partition coefficient (Wildman–Crippen LogP) is 2.84. The third kappa shape index (κ3) is 3.43. The van der Waals surface area contributed by atoms with Crippen LogP contribution in [-0.2, 0) is 16.0 Å². The fraction of sp³-hybridized carbons (Fsp3) is 0.333. The van der Waals surface area contributed by atoms with Gasteiger partial charge >= 0.3 is 0 Å². The second-order valence-corrected chi connectivity index (χ2v) is 8.99. The van der Waals surface area contributed by atoms with Crippen LogP contribution in [-0.4, -0.2) is 41.0 Å². The van der Waals surface area contributed by atoms with Gasteiger partial charge in [-0.2, -0.15) is 0 Å². The number of carbonyl (C=O) groups excluding carboxylic acids is 2. The third-order valence-corrected chi connectivity index (χ3v) is 6.99. The van der Waals surface area contributed by atoms with Crippen LogP contribution in [0.4, 0.5) is 0 Å². The molecule has 2 amide bonds. The van der Waals surface area contributed by atoms with E-state index in [1.807, 2.05) is 41.8 Å². The Labute approximate surface area is 178 Å². The van der Waals surface area contributed by atoms with Crippen LogP contribution in [0.25, 0.3) is 0 Å². The summed E-state index contributed by atoms with van der Waals surface area (Å²) in [5.41, 5.74) is 5.95. The second-order valence-electron chi connectivity index (χ2n) is 7.55. The van der Waals surface area contributed by atoms with Crippen molar-refractivity contribution in [3.8, 4) is 0 Å². The van der Waals surface area contributed by atoms with Crippen LogP contribution < -0.4 is 10.7 Å². The molecule has 0 bridgehead atoms. The Balaban J connectivity index is 1.30. The summed E-state index contributed by atoms with van der Waals surface area (Å²) < 4.78 is 0. The molecule has 2 atom stereocenters. The molecule has 2 unspecified atom stereocenters. The van der Waals surface area contributed by atoms with Crippen molar-refractivity contribution in [2.24, 2.45) is 0 Å². The van der Waals surface area contributed by atoms with Gasteiger partial charge in [-0.3, -0.25) is 14.6 Å². The number of nitrogens with one attached hydrogen (secondary N) is 2. The summed E-state index contributed by atoms with van der Waals surface area (Å²) in [6.07, 6.45) is 1.71. The third-order valence-electron chi connectivity index (χ3n) is 5.77. The molecule has 3 aliphatic heterocycles. The fourth-order valence-corrected chi connectivity index (χ4v) is 5.23. The van der Waals surface area contributed by atoms with Gasteiger partial charge in [0.2, 0.25) is 5.91 Å². The number of hydrazine groups is 1. The van der Waals surface area contributed by atoms with Gasteiger partial charge in [0.15, 0.2) is 0 Å². The summed E-state index contributed by atoms with van der Waals surface area (Å²) in [4.78, 5) is 28.7. The summed E-state index contributed by atoms with van der Waals surface area (Å²) in [5.74, 6) is 0.0178. The molecule has 2 N–H and O–H groups in total. The van der Waals surface area contributed by atoms with Gasteiger partial charge in [-0.25, -0.2) is 5.43 Å².